The first kappa shape index (κ1) is 19.3. The van der Waals surface area contributed by atoms with Crippen molar-refractivity contribution in [1.82, 2.24) is 24.8 Å². The topological polar surface area (TPSA) is 87.1 Å². The maximum atomic E-state index is 11.5. The van der Waals surface area contributed by atoms with E-state index in [0.717, 1.165) is 53.1 Å². The van der Waals surface area contributed by atoms with Crippen LogP contribution in [0.3, 0.4) is 0 Å². The number of aromatic nitrogens is 4. The minimum Gasteiger partial charge on any atom is -0.367 e. The molecule has 0 unspecified atom stereocenters. The summed E-state index contributed by atoms with van der Waals surface area (Å²) in [5.74, 6) is 1.32. The Morgan fingerprint density at radius 3 is 2.48 bits per heavy atom. The molecule has 0 spiro atoms. The number of piperazine rings is 1. The van der Waals surface area contributed by atoms with E-state index < -0.39 is 0 Å². The lowest BCUT2D eigenvalue weighted by atomic mass is 10.2. The SMILES string of the molecule is CC(=O)N1CCN(c2ccc(Nc3nccc(-c4sc(C)nc4C)n3)nc2)CC1. The van der Waals surface area contributed by atoms with Crippen molar-refractivity contribution >= 4 is 34.7 Å². The normalized spacial score (nSPS) is 14.2. The van der Waals surface area contributed by atoms with Crippen LogP contribution in [0.4, 0.5) is 17.5 Å². The third-order valence-corrected chi connectivity index (χ3v) is 5.97. The van der Waals surface area contributed by atoms with E-state index in [9.17, 15) is 4.79 Å². The second kappa shape index (κ2) is 8.12. The van der Waals surface area contributed by atoms with Crippen molar-refractivity contribution in [1.29, 1.82) is 0 Å². The van der Waals surface area contributed by atoms with Gasteiger partial charge in [0, 0.05) is 39.3 Å². The fourth-order valence-electron chi connectivity index (χ4n) is 3.36. The van der Waals surface area contributed by atoms with E-state index in [2.05, 4.69) is 30.2 Å². The largest absolute Gasteiger partial charge is 0.367 e. The molecule has 1 amide bonds. The lowest BCUT2D eigenvalue weighted by Gasteiger charge is -2.35. The lowest BCUT2D eigenvalue weighted by molar-refractivity contribution is -0.129. The van der Waals surface area contributed by atoms with E-state index >= 15 is 0 Å². The summed E-state index contributed by atoms with van der Waals surface area (Å²) in [7, 11) is 0. The molecule has 0 aliphatic carbocycles. The van der Waals surface area contributed by atoms with Crippen molar-refractivity contribution < 1.29 is 4.79 Å². The molecule has 8 nitrogen and oxygen atoms in total. The summed E-state index contributed by atoms with van der Waals surface area (Å²) < 4.78 is 0. The molecule has 1 fully saturated rings. The van der Waals surface area contributed by atoms with Gasteiger partial charge in [0.1, 0.15) is 5.82 Å². The molecule has 0 radical (unpaired) electrons. The number of amides is 1. The molecule has 4 heterocycles. The summed E-state index contributed by atoms with van der Waals surface area (Å²) in [4.78, 5) is 34.5. The van der Waals surface area contributed by atoms with E-state index in [0.29, 0.717) is 11.8 Å². The Morgan fingerprint density at radius 1 is 1.07 bits per heavy atom. The molecule has 4 rings (SSSR count). The van der Waals surface area contributed by atoms with Gasteiger partial charge in [-0.15, -0.1) is 11.3 Å². The van der Waals surface area contributed by atoms with Gasteiger partial charge in [-0.25, -0.2) is 19.9 Å². The molecule has 3 aromatic rings. The minimum atomic E-state index is 0.133. The van der Waals surface area contributed by atoms with Crippen molar-refractivity contribution in [3.63, 3.8) is 0 Å². The fourth-order valence-corrected chi connectivity index (χ4v) is 4.25. The second-order valence-electron chi connectivity index (χ2n) is 6.93. The molecule has 0 atom stereocenters. The molecular weight excluding hydrogens is 386 g/mol. The quantitative estimate of drug-likeness (QED) is 0.709. The Balaban J connectivity index is 1.44. The Hall–Kier alpha value is -3.07. The van der Waals surface area contributed by atoms with Gasteiger partial charge < -0.3 is 15.1 Å². The predicted octanol–water partition coefficient (Wildman–Crippen LogP) is 3.02. The molecule has 1 aliphatic rings. The first-order valence-electron chi connectivity index (χ1n) is 9.50. The maximum absolute atomic E-state index is 11.5. The summed E-state index contributed by atoms with van der Waals surface area (Å²) in [5.41, 5.74) is 2.87. The van der Waals surface area contributed by atoms with E-state index in [4.69, 9.17) is 0 Å². The zero-order chi connectivity index (χ0) is 20.4. The zero-order valence-corrected chi connectivity index (χ0v) is 17.5. The maximum Gasteiger partial charge on any atom is 0.228 e. The minimum absolute atomic E-state index is 0.133. The summed E-state index contributed by atoms with van der Waals surface area (Å²) in [5, 5.41) is 4.19. The number of nitrogens with zero attached hydrogens (tertiary/aromatic N) is 6. The smallest absolute Gasteiger partial charge is 0.228 e. The highest BCUT2D eigenvalue weighted by Gasteiger charge is 2.19. The van der Waals surface area contributed by atoms with E-state index in [1.165, 1.54) is 0 Å². The number of hydrogen-bond donors (Lipinski definition) is 1. The number of hydrogen-bond acceptors (Lipinski definition) is 8. The number of carbonyl (C=O) groups is 1. The molecule has 0 aromatic carbocycles. The van der Waals surface area contributed by atoms with Gasteiger partial charge in [0.05, 0.1) is 33.2 Å². The molecule has 0 bridgehead atoms. The summed E-state index contributed by atoms with van der Waals surface area (Å²) in [6.45, 7) is 8.71. The van der Waals surface area contributed by atoms with E-state index in [1.807, 2.05) is 43.1 Å². The number of carbonyl (C=O) groups excluding carboxylic acids is 1. The molecule has 150 valence electrons. The Morgan fingerprint density at radius 2 is 1.86 bits per heavy atom. The Kier molecular flexibility index (Phi) is 5.39. The van der Waals surface area contributed by atoms with Crippen molar-refractivity contribution in [3.05, 3.63) is 41.3 Å². The highest BCUT2D eigenvalue weighted by Crippen LogP contribution is 2.28. The van der Waals surface area contributed by atoms with Gasteiger partial charge >= 0.3 is 0 Å². The van der Waals surface area contributed by atoms with Gasteiger partial charge in [0.25, 0.3) is 0 Å². The first-order chi connectivity index (χ1) is 14.0. The number of aryl methyl sites for hydroxylation is 2. The van der Waals surface area contributed by atoms with Crippen LogP contribution in [-0.4, -0.2) is 56.9 Å². The van der Waals surface area contributed by atoms with Crippen LogP contribution in [0.5, 0.6) is 0 Å². The van der Waals surface area contributed by atoms with Crippen molar-refractivity contribution in [2.45, 2.75) is 20.8 Å². The monoisotopic (exact) mass is 409 g/mol. The van der Waals surface area contributed by atoms with Crippen LogP contribution in [0.1, 0.15) is 17.6 Å². The van der Waals surface area contributed by atoms with Crippen LogP contribution < -0.4 is 10.2 Å². The van der Waals surface area contributed by atoms with Crippen LogP contribution in [0, 0.1) is 13.8 Å². The molecule has 0 saturated carbocycles. The molecule has 29 heavy (non-hydrogen) atoms. The third-order valence-electron chi connectivity index (χ3n) is 4.87. The number of nitrogens with one attached hydrogen (secondary N) is 1. The Labute approximate surface area is 173 Å². The molecule has 9 heteroatoms. The molecule has 1 N–H and O–H groups in total. The number of anilines is 3. The van der Waals surface area contributed by atoms with E-state index in [-0.39, 0.29) is 5.91 Å². The fraction of sp³-hybridized carbons (Fsp3) is 0.350. The molecule has 3 aromatic heterocycles. The number of thiazole rings is 1. The highest BCUT2D eigenvalue weighted by molar-refractivity contribution is 7.15. The van der Waals surface area contributed by atoms with Gasteiger partial charge in [-0.05, 0) is 32.0 Å². The summed E-state index contributed by atoms with van der Waals surface area (Å²) in [6, 6.07) is 5.84. The molecule has 1 aliphatic heterocycles. The van der Waals surface area contributed by atoms with E-state index in [1.54, 1.807) is 24.5 Å². The van der Waals surface area contributed by atoms with Gasteiger partial charge in [0.15, 0.2) is 0 Å². The first-order valence-corrected chi connectivity index (χ1v) is 10.3. The average Bonchev–Trinajstić information content (AvgIpc) is 3.07. The Bertz CT molecular complexity index is 1010. The number of rotatable bonds is 4. The lowest BCUT2D eigenvalue weighted by Crippen LogP contribution is -2.48. The van der Waals surface area contributed by atoms with Crippen LogP contribution in [0.25, 0.3) is 10.6 Å². The highest BCUT2D eigenvalue weighted by atomic mass is 32.1. The summed E-state index contributed by atoms with van der Waals surface area (Å²) >= 11 is 1.63. The van der Waals surface area contributed by atoms with Crippen LogP contribution >= 0.6 is 11.3 Å². The molecular formula is C20H23N7OS. The predicted molar refractivity (Wildman–Crippen MR) is 115 cm³/mol. The van der Waals surface area contributed by atoms with Gasteiger partial charge in [0.2, 0.25) is 11.9 Å². The average molecular weight is 410 g/mol. The second-order valence-corrected chi connectivity index (χ2v) is 8.14. The van der Waals surface area contributed by atoms with Gasteiger partial charge in [-0.2, -0.15) is 0 Å². The standard InChI is InChI=1S/C20H23N7OS/c1-13-19(29-14(2)23-13)17-6-7-21-20(24-17)25-18-5-4-16(12-22-18)27-10-8-26(9-11-27)15(3)28/h4-7,12H,8-11H2,1-3H3,(H,21,22,24,25). The van der Waals surface area contributed by atoms with Crippen molar-refractivity contribution in [2.75, 3.05) is 36.4 Å². The van der Waals surface area contributed by atoms with Crippen LogP contribution in [0.15, 0.2) is 30.6 Å². The molecule has 1 saturated heterocycles. The van der Waals surface area contributed by atoms with Crippen LogP contribution in [0.2, 0.25) is 0 Å². The van der Waals surface area contributed by atoms with Crippen molar-refractivity contribution in [3.8, 4) is 10.6 Å². The van der Waals surface area contributed by atoms with Crippen molar-refractivity contribution in [2.24, 2.45) is 0 Å². The van der Waals surface area contributed by atoms with Crippen LogP contribution in [-0.2, 0) is 4.79 Å². The van der Waals surface area contributed by atoms with Gasteiger partial charge in [-0.1, -0.05) is 0 Å². The van der Waals surface area contributed by atoms with Gasteiger partial charge in [-0.3, -0.25) is 4.79 Å². The third kappa shape index (κ3) is 4.34. The summed E-state index contributed by atoms with van der Waals surface area (Å²) in [6.07, 6.45) is 3.58. The zero-order valence-electron chi connectivity index (χ0n) is 16.7. The number of pyridine rings is 1.